The number of esters is 1. The highest BCUT2D eigenvalue weighted by molar-refractivity contribution is 7.98. The Labute approximate surface area is 192 Å². The fraction of sp³-hybridized carbons (Fsp3) is 0.192. The minimum absolute atomic E-state index is 0.307. The van der Waals surface area contributed by atoms with E-state index in [9.17, 15) is 9.59 Å². The number of nitrogens with zero attached hydrogens (tertiary/aromatic N) is 1. The first kappa shape index (κ1) is 23.1. The van der Waals surface area contributed by atoms with Gasteiger partial charge in [-0.3, -0.25) is 4.79 Å². The molecule has 162 valence electrons. The molecule has 6 heteroatoms. The number of hydrogen-bond acceptors (Lipinski definition) is 5. The van der Waals surface area contributed by atoms with Gasteiger partial charge in [0.05, 0.1) is 17.2 Å². The fourth-order valence-electron chi connectivity index (χ4n) is 3.02. The van der Waals surface area contributed by atoms with E-state index in [1.54, 1.807) is 24.3 Å². The van der Waals surface area contributed by atoms with E-state index in [-0.39, 0.29) is 12.5 Å². The van der Waals surface area contributed by atoms with Crippen molar-refractivity contribution in [2.24, 2.45) is 0 Å². The van der Waals surface area contributed by atoms with Gasteiger partial charge in [-0.05, 0) is 48.2 Å². The Bertz CT molecular complexity index is 1080. The summed E-state index contributed by atoms with van der Waals surface area (Å²) >= 11 is 1.51. The molecule has 0 atom stereocenters. The predicted octanol–water partition coefficient (Wildman–Crippen LogP) is 4.76. The number of nitrogens with one attached hydrogen (secondary N) is 1. The first-order valence-corrected chi connectivity index (χ1v) is 11.3. The van der Waals surface area contributed by atoms with Crippen molar-refractivity contribution < 1.29 is 14.3 Å². The molecule has 0 unspecified atom stereocenters. The molecule has 0 saturated heterocycles. The Hall–Kier alpha value is -3.56. The largest absolute Gasteiger partial charge is 0.452 e. The van der Waals surface area contributed by atoms with Gasteiger partial charge in [0.25, 0.3) is 5.91 Å². The van der Waals surface area contributed by atoms with E-state index in [2.05, 4.69) is 23.5 Å². The molecule has 0 radical (unpaired) electrons. The number of hydrogen-bond donors (Lipinski definition) is 1. The molecule has 32 heavy (non-hydrogen) atoms. The maximum absolute atomic E-state index is 12.5. The number of nitriles is 1. The SMILES string of the molecule is N#Cc1ccc(CSc2ccccc2C(=O)OCC(=O)NCCCc2ccccc2)cc1. The Morgan fingerprint density at radius 2 is 1.62 bits per heavy atom. The van der Waals surface area contributed by atoms with Crippen LogP contribution in [0.1, 0.15) is 33.5 Å². The number of rotatable bonds is 10. The van der Waals surface area contributed by atoms with Gasteiger partial charge in [-0.2, -0.15) is 5.26 Å². The standard InChI is InChI=1S/C26H24N2O3S/c27-17-21-12-14-22(15-13-21)19-32-24-11-5-4-10-23(24)26(30)31-18-25(29)28-16-6-9-20-7-2-1-3-8-20/h1-5,7-8,10-15H,6,9,16,18-19H2,(H,28,29). The summed E-state index contributed by atoms with van der Waals surface area (Å²) in [7, 11) is 0. The van der Waals surface area contributed by atoms with E-state index in [1.807, 2.05) is 42.5 Å². The second kappa shape index (κ2) is 12.3. The summed E-state index contributed by atoms with van der Waals surface area (Å²) in [6.07, 6.45) is 1.70. The second-order valence-electron chi connectivity index (χ2n) is 7.11. The lowest BCUT2D eigenvalue weighted by molar-refractivity contribution is -0.124. The van der Waals surface area contributed by atoms with E-state index >= 15 is 0 Å². The minimum Gasteiger partial charge on any atom is -0.452 e. The Balaban J connectivity index is 1.44. The lowest BCUT2D eigenvalue weighted by Crippen LogP contribution is -2.29. The molecular formula is C26H24N2O3S. The van der Waals surface area contributed by atoms with Gasteiger partial charge in [0.1, 0.15) is 0 Å². The Morgan fingerprint density at radius 1 is 0.906 bits per heavy atom. The van der Waals surface area contributed by atoms with Crippen molar-refractivity contribution in [3.63, 3.8) is 0 Å². The summed E-state index contributed by atoms with van der Waals surface area (Å²) in [4.78, 5) is 25.3. The normalized spacial score (nSPS) is 10.2. The number of amides is 1. The molecule has 3 aromatic rings. The third-order valence-corrected chi connectivity index (χ3v) is 5.87. The Kier molecular flexibility index (Phi) is 8.91. The summed E-state index contributed by atoms with van der Waals surface area (Å²) in [5, 5.41) is 11.7. The van der Waals surface area contributed by atoms with Gasteiger partial charge in [0.15, 0.2) is 6.61 Å². The molecule has 1 N–H and O–H groups in total. The topological polar surface area (TPSA) is 79.2 Å². The highest BCUT2D eigenvalue weighted by Gasteiger charge is 2.14. The zero-order valence-corrected chi connectivity index (χ0v) is 18.4. The monoisotopic (exact) mass is 444 g/mol. The van der Waals surface area contributed by atoms with Crippen LogP contribution in [0.4, 0.5) is 0 Å². The van der Waals surface area contributed by atoms with Crippen molar-refractivity contribution in [2.45, 2.75) is 23.5 Å². The van der Waals surface area contributed by atoms with Gasteiger partial charge < -0.3 is 10.1 Å². The van der Waals surface area contributed by atoms with Crippen LogP contribution in [0.3, 0.4) is 0 Å². The van der Waals surface area contributed by atoms with E-state index in [4.69, 9.17) is 10.00 Å². The van der Waals surface area contributed by atoms with Crippen LogP contribution in [-0.2, 0) is 21.7 Å². The number of thioether (sulfide) groups is 1. The van der Waals surface area contributed by atoms with Crippen LogP contribution in [0.5, 0.6) is 0 Å². The molecule has 3 aromatic carbocycles. The number of carbonyl (C=O) groups excluding carboxylic acids is 2. The molecule has 0 spiro atoms. The minimum atomic E-state index is -0.521. The van der Waals surface area contributed by atoms with Crippen LogP contribution in [0.25, 0.3) is 0 Å². The van der Waals surface area contributed by atoms with Crippen LogP contribution in [-0.4, -0.2) is 25.0 Å². The molecule has 0 aliphatic rings. The molecule has 0 aromatic heterocycles. The molecule has 0 aliphatic heterocycles. The van der Waals surface area contributed by atoms with Gasteiger partial charge in [-0.1, -0.05) is 54.6 Å². The third kappa shape index (κ3) is 7.29. The van der Waals surface area contributed by atoms with E-state index in [1.165, 1.54) is 17.3 Å². The van der Waals surface area contributed by atoms with Crippen molar-refractivity contribution in [1.82, 2.24) is 5.32 Å². The van der Waals surface area contributed by atoms with E-state index in [0.717, 1.165) is 23.3 Å². The van der Waals surface area contributed by atoms with Crippen molar-refractivity contribution in [1.29, 1.82) is 5.26 Å². The van der Waals surface area contributed by atoms with Gasteiger partial charge >= 0.3 is 5.97 Å². The first-order valence-electron chi connectivity index (χ1n) is 10.3. The number of carbonyl (C=O) groups is 2. The predicted molar refractivity (Wildman–Crippen MR) is 125 cm³/mol. The lowest BCUT2D eigenvalue weighted by atomic mass is 10.1. The quantitative estimate of drug-likeness (QED) is 0.277. The zero-order valence-electron chi connectivity index (χ0n) is 17.6. The first-order chi connectivity index (χ1) is 15.7. The molecule has 3 rings (SSSR count). The molecule has 1 amide bonds. The summed E-state index contributed by atoms with van der Waals surface area (Å²) < 4.78 is 5.23. The fourth-order valence-corrected chi connectivity index (χ4v) is 4.02. The third-order valence-electron chi connectivity index (χ3n) is 4.73. The molecule has 0 saturated carbocycles. The van der Waals surface area contributed by atoms with Crippen LogP contribution in [0.15, 0.2) is 83.8 Å². The molecule has 5 nitrogen and oxygen atoms in total. The smallest absolute Gasteiger partial charge is 0.339 e. The average molecular weight is 445 g/mol. The zero-order chi connectivity index (χ0) is 22.6. The van der Waals surface area contributed by atoms with Crippen molar-refractivity contribution in [2.75, 3.05) is 13.2 Å². The van der Waals surface area contributed by atoms with Gasteiger partial charge in [0, 0.05) is 17.2 Å². The molecule has 0 bridgehead atoms. The lowest BCUT2D eigenvalue weighted by Gasteiger charge is -2.10. The van der Waals surface area contributed by atoms with Gasteiger partial charge in [0.2, 0.25) is 0 Å². The average Bonchev–Trinajstić information content (AvgIpc) is 2.85. The number of ether oxygens (including phenoxy) is 1. The maximum atomic E-state index is 12.5. The van der Waals surface area contributed by atoms with E-state index in [0.29, 0.717) is 23.4 Å². The highest BCUT2D eigenvalue weighted by atomic mass is 32.2. The second-order valence-corrected chi connectivity index (χ2v) is 8.13. The van der Waals surface area contributed by atoms with Gasteiger partial charge in [-0.15, -0.1) is 11.8 Å². The summed E-state index contributed by atoms with van der Waals surface area (Å²) in [5.74, 6) is -0.181. The summed E-state index contributed by atoms with van der Waals surface area (Å²) in [6, 6.07) is 26.7. The number of aryl methyl sites for hydroxylation is 1. The molecule has 0 heterocycles. The van der Waals surface area contributed by atoms with Crippen LogP contribution >= 0.6 is 11.8 Å². The molecule has 0 aliphatic carbocycles. The van der Waals surface area contributed by atoms with Crippen LogP contribution in [0, 0.1) is 11.3 Å². The maximum Gasteiger partial charge on any atom is 0.339 e. The molecule has 0 fully saturated rings. The Morgan fingerprint density at radius 3 is 2.38 bits per heavy atom. The van der Waals surface area contributed by atoms with Crippen molar-refractivity contribution in [3.8, 4) is 6.07 Å². The van der Waals surface area contributed by atoms with E-state index < -0.39 is 5.97 Å². The van der Waals surface area contributed by atoms with Crippen LogP contribution in [0.2, 0.25) is 0 Å². The molecular weight excluding hydrogens is 420 g/mol. The highest BCUT2D eigenvalue weighted by Crippen LogP contribution is 2.27. The summed E-state index contributed by atoms with van der Waals surface area (Å²) in [6.45, 7) is 0.223. The van der Waals surface area contributed by atoms with Crippen molar-refractivity contribution in [3.05, 3.63) is 101 Å². The van der Waals surface area contributed by atoms with Crippen LogP contribution < -0.4 is 5.32 Å². The number of benzene rings is 3. The van der Waals surface area contributed by atoms with Crippen molar-refractivity contribution >= 4 is 23.6 Å². The van der Waals surface area contributed by atoms with Gasteiger partial charge in [-0.25, -0.2) is 4.79 Å². The summed E-state index contributed by atoms with van der Waals surface area (Å²) in [5.41, 5.74) is 3.32.